The van der Waals surface area contributed by atoms with Crippen LogP contribution in [0.3, 0.4) is 0 Å². The van der Waals surface area contributed by atoms with Crippen LogP contribution >= 0.6 is 0 Å². The van der Waals surface area contributed by atoms with Gasteiger partial charge in [-0.25, -0.2) is 0 Å². The Labute approximate surface area is 96.6 Å². The number of carboxylic acid groups (broad SMARTS) is 1. The van der Waals surface area contributed by atoms with Crippen LogP contribution in [0.25, 0.3) is 0 Å². The van der Waals surface area contributed by atoms with Crippen LogP contribution in [0.2, 0.25) is 0 Å². The molecule has 1 rings (SSSR count). The monoisotopic (exact) mass is 227 g/mol. The molecule has 0 aromatic rings. The van der Waals surface area contributed by atoms with E-state index in [4.69, 9.17) is 5.11 Å². The lowest BCUT2D eigenvalue weighted by atomic mass is 9.96. The van der Waals surface area contributed by atoms with Crippen molar-refractivity contribution in [1.29, 1.82) is 0 Å². The zero-order valence-corrected chi connectivity index (χ0v) is 9.95. The van der Waals surface area contributed by atoms with E-state index in [-0.39, 0.29) is 12.3 Å². The largest absolute Gasteiger partial charge is 0.481 e. The molecule has 1 amide bonds. The van der Waals surface area contributed by atoms with E-state index in [1.807, 2.05) is 0 Å². The molecule has 0 spiro atoms. The van der Waals surface area contributed by atoms with Gasteiger partial charge in [0.25, 0.3) is 0 Å². The van der Waals surface area contributed by atoms with Gasteiger partial charge in [-0.2, -0.15) is 0 Å². The topological polar surface area (TPSA) is 57.6 Å². The molecule has 1 unspecified atom stereocenters. The van der Waals surface area contributed by atoms with E-state index >= 15 is 0 Å². The maximum absolute atomic E-state index is 11.7. The Kier molecular flexibility index (Phi) is 5.29. The fourth-order valence-corrected chi connectivity index (χ4v) is 2.26. The van der Waals surface area contributed by atoms with Crippen molar-refractivity contribution in [3.8, 4) is 0 Å². The standard InChI is InChI=1S/C12H21NO3/c1-2-3-10-4-5-11(14)13(8-6-10)9-7-12(15)16/h10H,2-9H2,1H3,(H,15,16). The molecule has 1 aliphatic rings. The molecular formula is C12H21NO3. The molecule has 4 nitrogen and oxygen atoms in total. The van der Waals surface area contributed by atoms with Gasteiger partial charge in [0, 0.05) is 19.5 Å². The number of rotatable bonds is 5. The van der Waals surface area contributed by atoms with E-state index in [1.54, 1.807) is 4.90 Å². The summed E-state index contributed by atoms with van der Waals surface area (Å²) in [4.78, 5) is 23.9. The molecule has 1 aliphatic heterocycles. The summed E-state index contributed by atoms with van der Waals surface area (Å²) < 4.78 is 0. The molecule has 0 aromatic carbocycles. The summed E-state index contributed by atoms with van der Waals surface area (Å²) in [5, 5.41) is 8.60. The number of hydrogen-bond acceptors (Lipinski definition) is 2. The molecule has 0 aromatic heterocycles. The third-order valence-electron chi connectivity index (χ3n) is 3.22. The van der Waals surface area contributed by atoms with Crippen LogP contribution in [-0.4, -0.2) is 35.0 Å². The Bertz CT molecular complexity index is 253. The first-order valence-electron chi connectivity index (χ1n) is 6.13. The molecule has 0 aliphatic carbocycles. The van der Waals surface area contributed by atoms with E-state index in [2.05, 4.69) is 6.92 Å². The van der Waals surface area contributed by atoms with Crippen molar-refractivity contribution in [2.75, 3.05) is 13.1 Å². The lowest BCUT2D eigenvalue weighted by molar-refractivity contribution is -0.138. The minimum atomic E-state index is -0.831. The Balaban J connectivity index is 2.41. The molecule has 92 valence electrons. The maximum atomic E-state index is 11.7. The third kappa shape index (κ3) is 4.21. The van der Waals surface area contributed by atoms with Gasteiger partial charge in [0.1, 0.15) is 0 Å². The molecule has 16 heavy (non-hydrogen) atoms. The van der Waals surface area contributed by atoms with E-state index < -0.39 is 5.97 Å². The Morgan fingerprint density at radius 1 is 1.50 bits per heavy atom. The van der Waals surface area contributed by atoms with Gasteiger partial charge < -0.3 is 10.0 Å². The Morgan fingerprint density at radius 2 is 2.25 bits per heavy atom. The normalized spacial score (nSPS) is 21.9. The molecule has 0 saturated carbocycles. The molecule has 1 saturated heterocycles. The third-order valence-corrected chi connectivity index (χ3v) is 3.22. The molecule has 1 fully saturated rings. The Morgan fingerprint density at radius 3 is 2.88 bits per heavy atom. The molecule has 4 heteroatoms. The second-order valence-electron chi connectivity index (χ2n) is 4.51. The lowest BCUT2D eigenvalue weighted by Gasteiger charge is -2.19. The van der Waals surface area contributed by atoms with Gasteiger partial charge in [0.2, 0.25) is 5.91 Å². The number of likely N-dealkylation sites (tertiary alicyclic amines) is 1. The molecule has 0 bridgehead atoms. The van der Waals surface area contributed by atoms with Crippen molar-refractivity contribution < 1.29 is 14.7 Å². The summed E-state index contributed by atoms with van der Waals surface area (Å²) in [6.07, 6.45) is 4.98. The van der Waals surface area contributed by atoms with Crippen LogP contribution in [0, 0.1) is 5.92 Å². The van der Waals surface area contributed by atoms with Gasteiger partial charge in [-0.1, -0.05) is 19.8 Å². The lowest BCUT2D eigenvalue weighted by Crippen LogP contribution is -2.32. The number of hydrogen-bond donors (Lipinski definition) is 1. The average Bonchev–Trinajstić information content (AvgIpc) is 2.40. The summed E-state index contributed by atoms with van der Waals surface area (Å²) >= 11 is 0. The van der Waals surface area contributed by atoms with Crippen molar-refractivity contribution in [3.05, 3.63) is 0 Å². The van der Waals surface area contributed by atoms with Crippen molar-refractivity contribution in [2.45, 2.75) is 45.4 Å². The highest BCUT2D eigenvalue weighted by molar-refractivity contribution is 5.77. The minimum absolute atomic E-state index is 0.0597. The predicted molar refractivity (Wildman–Crippen MR) is 61.1 cm³/mol. The summed E-state index contributed by atoms with van der Waals surface area (Å²) in [7, 11) is 0. The van der Waals surface area contributed by atoms with Crippen LogP contribution in [0.4, 0.5) is 0 Å². The molecule has 0 radical (unpaired) electrons. The summed E-state index contributed by atoms with van der Waals surface area (Å²) in [5.74, 6) is -0.0641. The minimum Gasteiger partial charge on any atom is -0.481 e. The van der Waals surface area contributed by atoms with Gasteiger partial charge in [-0.15, -0.1) is 0 Å². The van der Waals surface area contributed by atoms with Gasteiger partial charge >= 0.3 is 5.97 Å². The van der Waals surface area contributed by atoms with Crippen molar-refractivity contribution >= 4 is 11.9 Å². The van der Waals surface area contributed by atoms with Crippen molar-refractivity contribution in [1.82, 2.24) is 4.90 Å². The predicted octanol–water partition coefficient (Wildman–Crippen LogP) is 1.89. The quantitative estimate of drug-likeness (QED) is 0.780. The molecule has 1 N–H and O–H groups in total. The highest BCUT2D eigenvalue weighted by Crippen LogP contribution is 2.22. The number of aliphatic carboxylic acids is 1. The van der Waals surface area contributed by atoms with E-state index in [0.717, 1.165) is 25.8 Å². The van der Waals surface area contributed by atoms with E-state index in [1.165, 1.54) is 6.42 Å². The number of carboxylic acids is 1. The summed E-state index contributed by atoms with van der Waals surface area (Å²) in [6, 6.07) is 0. The van der Waals surface area contributed by atoms with Gasteiger partial charge in [-0.05, 0) is 18.8 Å². The van der Waals surface area contributed by atoms with Gasteiger partial charge in [0.05, 0.1) is 6.42 Å². The number of nitrogens with zero attached hydrogens (tertiary/aromatic N) is 1. The number of amides is 1. The fraction of sp³-hybridized carbons (Fsp3) is 0.833. The smallest absolute Gasteiger partial charge is 0.305 e. The van der Waals surface area contributed by atoms with Crippen molar-refractivity contribution in [2.24, 2.45) is 5.92 Å². The highest BCUT2D eigenvalue weighted by atomic mass is 16.4. The molecule has 1 atom stereocenters. The van der Waals surface area contributed by atoms with Crippen LogP contribution in [0.1, 0.15) is 45.4 Å². The van der Waals surface area contributed by atoms with Crippen LogP contribution in [-0.2, 0) is 9.59 Å². The van der Waals surface area contributed by atoms with E-state index in [0.29, 0.717) is 18.9 Å². The molecular weight excluding hydrogens is 206 g/mol. The van der Waals surface area contributed by atoms with Crippen LogP contribution in [0.15, 0.2) is 0 Å². The van der Waals surface area contributed by atoms with Crippen LogP contribution in [0.5, 0.6) is 0 Å². The zero-order valence-electron chi connectivity index (χ0n) is 9.95. The SMILES string of the molecule is CCCC1CCC(=O)N(CCC(=O)O)CC1. The second kappa shape index (κ2) is 6.51. The van der Waals surface area contributed by atoms with Crippen LogP contribution < -0.4 is 0 Å². The average molecular weight is 227 g/mol. The summed E-state index contributed by atoms with van der Waals surface area (Å²) in [5.41, 5.74) is 0. The van der Waals surface area contributed by atoms with Crippen molar-refractivity contribution in [3.63, 3.8) is 0 Å². The first-order valence-corrected chi connectivity index (χ1v) is 6.13. The van der Waals surface area contributed by atoms with Gasteiger partial charge in [-0.3, -0.25) is 9.59 Å². The van der Waals surface area contributed by atoms with E-state index in [9.17, 15) is 9.59 Å². The first kappa shape index (κ1) is 13.0. The number of carbonyl (C=O) groups is 2. The zero-order chi connectivity index (χ0) is 12.0. The highest BCUT2D eigenvalue weighted by Gasteiger charge is 2.22. The first-order chi connectivity index (χ1) is 7.63. The summed E-state index contributed by atoms with van der Waals surface area (Å²) in [6.45, 7) is 3.26. The maximum Gasteiger partial charge on any atom is 0.305 e. The molecule has 1 heterocycles. The second-order valence-corrected chi connectivity index (χ2v) is 4.51. The van der Waals surface area contributed by atoms with Gasteiger partial charge in [0.15, 0.2) is 0 Å². The Hall–Kier alpha value is -1.06. The number of carbonyl (C=O) groups excluding carboxylic acids is 1. The fourth-order valence-electron chi connectivity index (χ4n) is 2.26.